The Morgan fingerprint density at radius 3 is 2.65 bits per heavy atom. The Morgan fingerprint density at radius 2 is 2.12 bits per heavy atom. The molecule has 0 aromatic carbocycles. The number of anilines is 1. The maximum Gasteiger partial charge on any atom is 0.148 e. The zero-order valence-electron chi connectivity index (χ0n) is 10.2. The minimum atomic E-state index is 0.653. The molecule has 0 saturated heterocycles. The fourth-order valence-corrected chi connectivity index (χ4v) is 1.68. The SMILES string of the molecule is CCc1nc(NN)c(C)c(-n2ccnc2C)n1. The van der Waals surface area contributed by atoms with E-state index in [1.807, 2.05) is 31.5 Å². The normalized spacial score (nSPS) is 10.6. The lowest BCUT2D eigenvalue weighted by atomic mass is 10.3. The van der Waals surface area contributed by atoms with Gasteiger partial charge in [0.25, 0.3) is 0 Å². The maximum atomic E-state index is 5.47. The highest BCUT2D eigenvalue weighted by Gasteiger charge is 2.12. The molecular weight excluding hydrogens is 216 g/mol. The number of imidazole rings is 1. The quantitative estimate of drug-likeness (QED) is 0.612. The summed E-state index contributed by atoms with van der Waals surface area (Å²) in [7, 11) is 0. The zero-order chi connectivity index (χ0) is 12.4. The van der Waals surface area contributed by atoms with Gasteiger partial charge in [0.05, 0.1) is 0 Å². The van der Waals surface area contributed by atoms with Crippen LogP contribution in [0.3, 0.4) is 0 Å². The Hall–Kier alpha value is -1.95. The first kappa shape index (κ1) is 11.5. The van der Waals surface area contributed by atoms with E-state index in [9.17, 15) is 0 Å². The highest BCUT2D eigenvalue weighted by Crippen LogP contribution is 2.19. The molecule has 0 aliphatic carbocycles. The number of rotatable bonds is 3. The molecule has 0 atom stereocenters. The number of hydrazine groups is 1. The second-order valence-corrected chi connectivity index (χ2v) is 3.78. The molecule has 2 aromatic rings. The third-order valence-electron chi connectivity index (χ3n) is 2.67. The van der Waals surface area contributed by atoms with Crippen molar-refractivity contribution < 1.29 is 0 Å². The van der Waals surface area contributed by atoms with E-state index in [-0.39, 0.29) is 0 Å². The average molecular weight is 232 g/mol. The van der Waals surface area contributed by atoms with Crippen LogP contribution in [0.1, 0.15) is 24.1 Å². The Balaban J connectivity index is 2.64. The van der Waals surface area contributed by atoms with E-state index < -0.39 is 0 Å². The maximum absolute atomic E-state index is 5.47. The smallest absolute Gasteiger partial charge is 0.148 e. The number of aromatic nitrogens is 4. The summed E-state index contributed by atoms with van der Waals surface area (Å²) in [5.74, 6) is 8.58. The molecule has 0 bridgehead atoms. The van der Waals surface area contributed by atoms with Gasteiger partial charge in [0.15, 0.2) is 0 Å². The van der Waals surface area contributed by atoms with Crippen molar-refractivity contribution in [2.24, 2.45) is 5.84 Å². The van der Waals surface area contributed by atoms with Crippen LogP contribution in [-0.2, 0) is 6.42 Å². The van der Waals surface area contributed by atoms with Crippen molar-refractivity contribution >= 4 is 5.82 Å². The fraction of sp³-hybridized carbons (Fsp3) is 0.364. The van der Waals surface area contributed by atoms with Gasteiger partial charge in [0, 0.05) is 24.4 Å². The third kappa shape index (κ3) is 1.99. The molecule has 6 heteroatoms. The molecule has 90 valence electrons. The van der Waals surface area contributed by atoms with Crippen LogP contribution < -0.4 is 11.3 Å². The third-order valence-corrected chi connectivity index (χ3v) is 2.67. The molecule has 0 fully saturated rings. The molecule has 0 radical (unpaired) electrons. The van der Waals surface area contributed by atoms with Crippen LogP contribution in [0, 0.1) is 13.8 Å². The predicted octanol–water partition coefficient (Wildman–Crippen LogP) is 1.13. The lowest BCUT2D eigenvalue weighted by Crippen LogP contribution is -2.15. The molecule has 2 rings (SSSR count). The van der Waals surface area contributed by atoms with Gasteiger partial charge >= 0.3 is 0 Å². The summed E-state index contributed by atoms with van der Waals surface area (Å²) in [6.45, 7) is 5.88. The van der Waals surface area contributed by atoms with Crippen molar-refractivity contribution in [2.45, 2.75) is 27.2 Å². The summed E-state index contributed by atoms with van der Waals surface area (Å²) in [5, 5.41) is 0. The van der Waals surface area contributed by atoms with Gasteiger partial charge in [-0.05, 0) is 13.8 Å². The second kappa shape index (κ2) is 4.50. The summed E-state index contributed by atoms with van der Waals surface area (Å²) >= 11 is 0. The van der Waals surface area contributed by atoms with E-state index in [0.29, 0.717) is 5.82 Å². The zero-order valence-corrected chi connectivity index (χ0v) is 10.2. The fourth-order valence-electron chi connectivity index (χ4n) is 1.68. The molecule has 0 aliphatic rings. The van der Waals surface area contributed by atoms with E-state index >= 15 is 0 Å². The first-order valence-corrected chi connectivity index (χ1v) is 5.51. The van der Waals surface area contributed by atoms with E-state index in [0.717, 1.165) is 29.5 Å². The van der Waals surface area contributed by atoms with Crippen molar-refractivity contribution in [3.8, 4) is 5.82 Å². The number of aryl methyl sites for hydroxylation is 2. The molecule has 6 nitrogen and oxygen atoms in total. The molecule has 17 heavy (non-hydrogen) atoms. The number of hydrogen-bond donors (Lipinski definition) is 2. The second-order valence-electron chi connectivity index (χ2n) is 3.78. The monoisotopic (exact) mass is 232 g/mol. The van der Waals surface area contributed by atoms with Crippen LogP contribution in [0.15, 0.2) is 12.4 Å². The van der Waals surface area contributed by atoms with E-state index in [2.05, 4.69) is 20.4 Å². The number of nitrogens with two attached hydrogens (primary N) is 1. The Kier molecular flexibility index (Phi) is 3.06. The summed E-state index contributed by atoms with van der Waals surface area (Å²) in [6, 6.07) is 0. The number of hydrogen-bond acceptors (Lipinski definition) is 5. The minimum Gasteiger partial charge on any atom is -0.308 e. The molecule has 3 N–H and O–H groups in total. The Labute approximate surface area is 99.9 Å². The van der Waals surface area contributed by atoms with Crippen LogP contribution in [-0.4, -0.2) is 19.5 Å². The summed E-state index contributed by atoms with van der Waals surface area (Å²) in [4.78, 5) is 13.0. The van der Waals surface area contributed by atoms with Gasteiger partial charge in [0.2, 0.25) is 0 Å². The highest BCUT2D eigenvalue weighted by atomic mass is 15.3. The van der Waals surface area contributed by atoms with Crippen LogP contribution in [0.25, 0.3) is 5.82 Å². The standard InChI is InChI=1S/C11H16N6/c1-4-9-14-10(16-12)7(2)11(15-9)17-6-5-13-8(17)3/h5-6H,4,12H2,1-3H3,(H,14,15,16). The highest BCUT2D eigenvalue weighted by molar-refractivity contribution is 5.51. The van der Waals surface area contributed by atoms with Crippen molar-refractivity contribution in [1.29, 1.82) is 0 Å². The van der Waals surface area contributed by atoms with Gasteiger partial charge in [-0.25, -0.2) is 20.8 Å². The van der Waals surface area contributed by atoms with Crippen LogP contribution >= 0.6 is 0 Å². The molecule has 0 aliphatic heterocycles. The van der Waals surface area contributed by atoms with E-state index in [4.69, 9.17) is 5.84 Å². The summed E-state index contributed by atoms with van der Waals surface area (Å²) < 4.78 is 1.93. The molecule has 0 amide bonds. The summed E-state index contributed by atoms with van der Waals surface area (Å²) in [5.41, 5.74) is 3.52. The van der Waals surface area contributed by atoms with Gasteiger partial charge < -0.3 is 5.43 Å². The van der Waals surface area contributed by atoms with Gasteiger partial charge in [0.1, 0.15) is 23.3 Å². The molecule has 0 spiro atoms. The largest absolute Gasteiger partial charge is 0.308 e. The lowest BCUT2D eigenvalue weighted by Gasteiger charge is -2.12. The average Bonchev–Trinajstić information content (AvgIpc) is 2.76. The van der Waals surface area contributed by atoms with Gasteiger partial charge in [-0.1, -0.05) is 6.92 Å². The van der Waals surface area contributed by atoms with Crippen molar-refractivity contribution in [1.82, 2.24) is 19.5 Å². The summed E-state index contributed by atoms with van der Waals surface area (Å²) in [6.07, 6.45) is 4.39. The molecule has 0 saturated carbocycles. The molecule has 2 heterocycles. The van der Waals surface area contributed by atoms with Gasteiger partial charge in [-0.2, -0.15) is 0 Å². The first-order chi connectivity index (χ1) is 8.17. The van der Waals surface area contributed by atoms with Crippen LogP contribution in [0.2, 0.25) is 0 Å². The molecule has 2 aromatic heterocycles. The number of nitrogen functional groups attached to an aromatic ring is 1. The van der Waals surface area contributed by atoms with Crippen molar-refractivity contribution in [3.63, 3.8) is 0 Å². The van der Waals surface area contributed by atoms with Crippen LogP contribution in [0.4, 0.5) is 5.82 Å². The van der Waals surface area contributed by atoms with Crippen molar-refractivity contribution in [3.05, 3.63) is 29.6 Å². The van der Waals surface area contributed by atoms with E-state index in [1.165, 1.54) is 0 Å². The van der Waals surface area contributed by atoms with Crippen LogP contribution in [0.5, 0.6) is 0 Å². The minimum absolute atomic E-state index is 0.653. The topological polar surface area (TPSA) is 81.6 Å². The lowest BCUT2D eigenvalue weighted by molar-refractivity contribution is 0.854. The number of nitrogens with zero attached hydrogens (tertiary/aromatic N) is 4. The predicted molar refractivity (Wildman–Crippen MR) is 65.8 cm³/mol. The Bertz CT molecular complexity index is 531. The first-order valence-electron chi connectivity index (χ1n) is 5.51. The number of nitrogens with one attached hydrogen (secondary N) is 1. The Morgan fingerprint density at radius 1 is 1.35 bits per heavy atom. The molecule has 0 unspecified atom stereocenters. The van der Waals surface area contributed by atoms with Crippen molar-refractivity contribution in [2.75, 3.05) is 5.43 Å². The molecular formula is C11H16N6. The van der Waals surface area contributed by atoms with Gasteiger partial charge in [-0.15, -0.1) is 0 Å². The van der Waals surface area contributed by atoms with E-state index in [1.54, 1.807) is 6.20 Å². The van der Waals surface area contributed by atoms with Gasteiger partial charge in [-0.3, -0.25) is 4.57 Å².